The van der Waals surface area contributed by atoms with Gasteiger partial charge in [-0.25, -0.2) is 4.79 Å². The quantitative estimate of drug-likeness (QED) is 0.845. The van der Waals surface area contributed by atoms with Gasteiger partial charge in [0.05, 0.1) is 11.6 Å². The maximum Gasteiger partial charge on any atom is 0.415 e. The van der Waals surface area contributed by atoms with Crippen LogP contribution >= 0.6 is 0 Å². The molecule has 0 aliphatic rings. The zero-order chi connectivity index (χ0) is 14.0. The lowest BCUT2D eigenvalue weighted by Gasteiger charge is -2.10. The van der Waals surface area contributed by atoms with Gasteiger partial charge in [-0.3, -0.25) is 9.36 Å². The van der Waals surface area contributed by atoms with E-state index in [0.717, 1.165) is 4.57 Å². The summed E-state index contributed by atoms with van der Waals surface area (Å²) >= 11 is 0. The summed E-state index contributed by atoms with van der Waals surface area (Å²) in [4.78, 5) is 23.0. The van der Waals surface area contributed by atoms with Crippen LogP contribution in [-0.2, 0) is 0 Å². The molecule has 0 aliphatic heterocycles. The maximum atomic E-state index is 11.9. The molecule has 1 N–H and O–H groups in total. The van der Waals surface area contributed by atoms with Gasteiger partial charge in [-0.15, -0.1) is 0 Å². The molecule has 0 saturated carbocycles. The number of carbonyl (C=O) groups is 1. The molecule has 0 bridgehead atoms. The van der Waals surface area contributed by atoms with Crippen molar-refractivity contribution in [2.75, 3.05) is 0 Å². The molecule has 0 fully saturated rings. The molecule has 2 aromatic rings. The summed E-state index contributed by atoms with van der Waals surface area (Å²) in [6, 6.07) is 9.71. The van der Waals surface area contributed by atoms with E-state index < -0.39 is 6.09 Å². The summed E-state index contributed by atoms with van der Waals surface area (Å²) in [6.45, 7) is 1.56. The Morgan fingerprint density at radius 1 is 1.37 bits per heavy atom. The van der Waals surface area contributed by atoms with Crippen LogP contribution in [0.25, 0.3) is 11.1 Å². The third-order valence-corrected chi connectivity index (χ3v) is 2.83. The van der Waals surface area contributed by atoms with Gasteiger partial charge in [0, 0.05) is 23.5 Å². The van der Waals surface area contributed by atoms with E-state index in [1.807, 2.05) is 6.07 Å². The van der Waals surface area contributed by atoms with Crippen LogP contribution in [0.4, 0.5) is 4.79 Å². The molecule has 1 aromatic carbocycles. The van der Waals surface area contributed by atoms with E-state index >= 15 is 0 Å². The molecular weight excluding hydrogens is 244 g/mol. The van der Waals surface area contributed by atoms with Crippen LogP contribution < -0.4 is 5.43 Å². The normalized spacial score (nSPS) is 9.89. The molecular formula is C14H10N2O3. The zero-order valence-electron chi connectivity index (χ0n) is 10.1. The van der Waals surface area contributed by atoms with Gasteiger partial charge in [-0.1, -0.05) is 12.1 Å². The van der Waals surface area contributed by atoms with Gasteiger partial charge in [0.2, 0.25) is 0 Å². The Bertz CT molecular complexity index is 754. The fourth-order valence-electron chi connectivity index (χ4n) is 1.94. The molecule has 94 valence electrons. The van der Waals surface area contributed by atoms with Gasteiger partial charge in [-0.05, 0) is 24.6 Å². The Hall–Kier alpha value is -2.87. The van der Waals surface area contributed by atoms with Crippen molar-refractivity contribution in [2.24, 2.45) is 0 Å². The third kappa shape index (κ3) is 2.24. The molecule has 0 unspecified atom stereocenters. The fraction of sp³-hybridized carbons (Fsp3) is 0.0714. The molecule has 5 nitrogen and oxygen atoms in total. The molecule has 1 aromatic heterocycles. The smallest absolute Gasteiger partial charge is 0.415 e. The highest BCUT2D eigenvalue weighted by molar-refractivity contribution is 5.74. The van der Waals surface area contributed by atoms with Crippen molar-refractivity contribution in [3.05, 3.63) is 58.0 Å². The van der Waals surface area contributed by atoms with Crippen LogP contribution in [0.2, 0.25) is 0 Å². The van der Waals surface area contributed by atoms with Gasteiger partial charge < -0.3 is 5.11 Å². The first-order valence-corrected chi connectivity index (χ1v) is 5.50. The number of aromatic nitrogens is 1. The van der Waals surface area contributed by atoms with Crippen LogP contribution in [0, 0.1) is 18.3 Å². The largest absolute Gasteiger partial charge is 0.464 e. The lowest BCUT2D eigenvalue weighted by atomic mass is 10.0. The molecule has 1 heterocycles. The van der Waals surface area contributed by atoms with E-state index in [1.54, 1.807) is 31.2 Å². The number of rotatable bonds is 1. The van der Waals surface area contributed by atoms with Gasteiger partial charge in [0.15, 0.2) is 5.43 Å². The van der Waals surface area contributed by atoms with Crippen molar-refractivity contribution >= 4 is 6.09 Å². The first-order valence-electron chi connectivity index (χ1n) is 5.50. The number of nitriles is 1. The summed E-state index contributed by atoms with van der Waals surface area (Å²) in [5, 5.41) is 17.9. The highest BCUT2D eigenvalue weighted by Crippen LogP contribution is 2.20. The second-order valence-corrected chi connectivity index (χ2v) is 3.99. The van der Waals surface area contributed by atoms with Crippen molar-refractivity contribution in [2.45, 2.75) is 6.92 Å². The first-order chi connectivity index (χ1) is 9.04. The number of hydrogen-bond acceptors (Lipinski definition) is 3. The second kappa shape index (κ2) is 4.78. The first kappa shape index (κ1) is 12.6. The summed E-state index contributed by atoms with van der Waals surface area (Å²) in [5.41, 5.74) is 1.31. The lowest BCUT2D eigenvalue weighted by molar-refractivity contribution is 0.195. The van der Waals surface area contributed by atoms with Gasteiger partial charge in [-0.2, -0.15) is 5.26 Å². The average Bonchev–Trinajstić information content (AvgIpc) is 2.38. The molecule has 19 heavy (non-hydrogen) atoms. The van der Waals surface area contributed by atoms with Crippen LogP contribution in [0.5, 0.6) is 0 Å². The second-order valence-electron chi connectivity index (χ2n) is 3.99. The fourth-order valence-corrected chi connectivity index (χ4v) is 1.94. The Labute approximate surface area is 109 Å². The van der Waals surface area contributed by atoms with Crippen molar-refractivity contribution in [3.8, 4) is 17.2 Å². The lowest BCUT2D eigenvalue weighted by Crippen LogP contribution is -2.18. The SMILES string of the molecule is Cc1c(-c2cccc(C#N)c2)c(=O)ccn1C(=O)O. The number of carboxylic acid groups (broad SMARTS) is 1. The maximum absolute atomic E-state index is 11.9. The van der Waals surface area contributed by atoms with E-state index in [9.17, 15) is 9.59 Å². The van der Waals surface area contributed by atoms with Gasteiger partial charge in [0.1, 0.15) is 0 Å². The minimum absolute atomic E-state index is 0.273. The molecule has 0 spiro atoms. The minimum Gasteiger partial charge on any atom is -0.464 e. The number of pyridine rings is 1. The standard InChI is InChI=1S/C14H10N2O3/c1-9-13(11-4-2-3-10(7-11)8-15)12(17)5-6-16(9)14(18)19/h2-7H,1H3,(H,18,19). The van der Waals surface area contributed by atoms with Gasteiger partial charge >= 0.3 is 6.09 Å². The minimum atomic E-state index is -1.16. The summed E-state index contributed by atoms with van der Waals surface area (Å²) in [6.07, 6.45) is 0.0627. The third-order valence-electron chi connectivity index (χ3n) is 2.83. The van der Waals surface area contributed by atoms with Gasteiger partial charge in [0.25, 0.3) is 0 Å². The molecule has 0 saturated heterocycles. The van der Waals surface area contributed by atoms with Crippen molar-refractivity contribution < 1.29 is 9.90 Å². The Balaban J connectivity index is 2.75. The zero-order valence-corrected chi connectivity index (χ0v) is 10.1. The molecule has 0 radical (unpaired) electrons. The van der Waals surface area contributed by atoms with Crippen LogP contribution in [0.3, 0.4) is 0 Å². The number of nitrogens with zero attached hydrogens (tertiary/aromatic N) is 2. The molecule has 0 atom stereocenters. The van der Waals surface area contributed by atoms with Crippen molar-refractivity contribution in [3.63, 3.8) is 0 Å². The monoisotopic (exact) mass is 254 g/mol. The van der Waals surface area contributed by atoms with Crippen molar-refractivity contribution in [1.29, 1.82) is 5.26 Å². The van der Waals surface area contributed by atoms with Crippen LogP contribution in [0.15, 0.2) is 41.3 Å². The summed E-state index contributed by atoms with van der Waals surface area (Å²) in [5.74, 6) is 0. The van der Waals surface area contributed by atoms with E-state index in [-0.39, 0.29) is 5.43 Å². The average molecular weight is 254 g/mol. The topological polar surface area (TPSA) is 83.1 Å². The van der Waals surface area contributed by atoms with E-state index in [0.29, 0.717) is 22.4 Å². The van der Waals surface area contributed by atoms with E-state index in [2.05, 4.69) is 0 Å². The summed E-state index contributed by atoms with van der Waals surface area (Å²) < 4.78 is 0.982. The van der Waals surface area contributed by atoms with Crippen molar-refractivity contribution in [1.82, 2.24) is 4.57 Å². The Morgan fingerprint density at radius 2 is 2.11 bits per heavy atom. The molecule has 2 rings (SSSR count). The van der Waals surface area contributed by atoms with E-state index in [1.165, 1.54) is 12.3 Å². The number of benzene rings is 1. The Kier molecular flexibility index (Phi) is 3.17. The molecule has 0 aliphatic carbocycles. The molecule has 0 amide bonds. The summed E-state index contributed by atoms with van der Waals surface area (Å²) in [7, 11) is 0. The van der Waals surface area contributed by atoms with Crippen LogP contribution in [0.1, 0.15) is 11.3 Å². The van der Waals surface area contributed by atoms with E-state index in [4.69, 9.17) is 10.4 Å². The highest BCUT2D eigenvalue weighted by Gasteiger charge is 2.13. The highest BCUT2D eigenvalue weighted by atomic mass is 16.4. The predicted octanol–water partition coefficient (Wildman–Crippen LogP) is 2.22. The van der Waals surface area contributed by atoms with Crippen LogP contribution in [-0.4, -0.2) is 15.8 Å². The molecule has 5 heteroatoms. The predicted molar refractivity (Wildman–Crippen MR) is 69.0 cm³/mol. The number of hydrogen-bond donors (Lipinski definition) is 1. The Morgan fingerprint density at radius 3 is 2.74 bits per heavy atom.